The first-order chi connectivity index (χ1) is 8.33. The lowest BCUT2D eigenvalue weighted by Crippen LogP contribution is -2.40. The average Bonchev–Trinajstić information content (AvgIpc) is 3.08. The van der Waals surface area contributed by atoms with Gasteiger partial charge in [0.2, 0.25) is 0 Å². The molecule has 1 atom stereocenters. The van der Waals surface area contributed by atoms with E-state index in [9.17, 15) is 18.0 Å². The van der Waals surface area contributed by atoms with Crippen LogP contribution in [0, 0.1) is 11.3 Å². The van der Waals surface area contributed by atoms with Crippen LogP contribution in [0.4, 0.5) is 13.2 Å². The van der Waals surface area contributed by atoms with Gasteiger partial charge in [0.1, 0.15) is 0 Å². The van der Waals surface area contributed by atoms with Gasteiger partial charge >= 0.3 is 12.1 Å². The van der Waals surface area contributed by atoms with Gasteiger partial charge in [0, 0.05) is 13.0 Å². The van der Waals surface area contributed by atoms with Gasteiger partial charge in [-0.1, -0.05) is 12.8 Å². The molecule has 0 aromatic carbocycles. The SMILES string of the molecule is COC(=O)C(CN)(CCCC(F)(F)F)CC1CC1. The first-order valence-corrected chi connectivity index (χ1v) is 6.18. The summed E-state index contributed by atoms with van der Waals surface area (Å²) in [6, 6.07) is 0. The van der Waals surface area contributed by atoms with Crippen molar-refractivity contribution in [3.05, 3.63) is 0 Å². The fraction of sp³-hybridized carbons (Fsp3) is 0.917. The third kappa shape index (κ3) is 4.48. The maximum atomic E-state index is 12.1. The van der Waals surface area contributed by atoms with Crippen LogP contribution in [0.1, 0.15) is 38.5 Å². The Labute approximate surface area is 105 Å². The molecule has 0 saturated heterocycles. The van der Waals surface area contributed by atoms with Gasteiger partial charge in [-0.2, -0.15) is 13.2 Å². The third-order valence-electron chi connectivity index (χ3n) is 3.50. The van der Waals surface area contributed by atoms with Crippen LogP contribution in [0.3, 0.4) is 0 Å². The quantitative estimate of drug-likeness (QED) is 0.721. The van der Waals surface area contributed by atoms with Crippen molar-refractivity contribution in [2.75, 3.05) is 13.7 Å². The number of ether oxygens (including phenoxy) is 1. The largest absolute Gasteiger partial charge is 0.469 e. The van der Waals surface area contributed by atoms with Gasteiger partial charge in [0.05, 0.1) is 12.5 Å². The molecule has 1 aliphatic carbocycles. The van der Waals surface area contributed by atoms with E-state index in [0.717, 1.165) is 12.8 Å². The number of carbonyl (C=O) groups is 1. The van der Waals surface area contributed by atoms with E-state index in [4.69, 9.17) is 10.5 Å². The zero-order valence-corrected chi connectivity index (χ0v) is 10.6. The molecule has 0 amide bonds. The molecule has 0 aromatic rings. The van der Waals surface area contributed by atoms with Crippen molar-refractivity contribution in [3.8, 4) is 0 Å². The van der Waals surface area contributed by atoms with Crippen molar-refractivity contribution < 1.29 is 22.7 Å². The van der Waals surface area contributed by atoms with Gasteiger partial charge in [-0.15, -0.1) is 0 Å². The van der Waals surface area contributed by atoms with Crippen LogP contribution in [-0.4, -0.2) is 25.8 Å². The van der Waals surface area contributed by atoms with E-state index < -0.39 is 24.0 Å². The number of nitrogens with two attached hydrogens (primary N) is 1. The Bertz CT molecular complexity index is 290. The topological polar surface area (TPSA) is 52.3 Å². The molecule has 1 aliphatic rings. The van der Waals surface area contributed by atoms with Gasteiger partial charge in [-0.05, 0) is 25.2 Å². The van der Waals surface area contributed by atoms with Crippen LogP contribution in [-0.2, 0) is 9.53 Å². The number of methoxy groups -OCH3 is 1. The van der Waals surface area contributed by atoms with Crippen molar-refractivity contribution in [3.63, 3.8) is 0 Å². The second-order valence-electron chi connectivity index (χ2n) is 5.09. The molecule has 6 heteroatoms. The van der Waals surface area contributed by atoms with Crippen molar-refractivity contribution in [1.82, 2.24) is 0 Å². The standard InChI is InChI=1S/C12H20F3NO2/c1-18-10(17)11(8-16,7-9-3-4-9)5-2-6-12(13,14)15/h9H,2-8,16H2,1H3. The Hall–Kier alpha value is -0.780. The van der Waals surface area contributed by atoms with Gasteiger partial charge in [0.25, 0.3) is 0 Å². The van der Waals surface area contributed by atoms with Gasteiger partial charge in [-0.25, -0.2) is 0 Å². The van der Waals surface area contributed by atoms with Crippen LogP contribution in [0.5, 0.6) is 0 Å². The molecular weight excluding hydrogens is 247 g/mol. The Morgan fingerprint density at radius 1 is 1.33 bits per heavy atom. The molecule has 2 N–H and O–H groups in total. The average molecular weight is 267 g/mol. The molecular formula is C12H20F3NO2. The molecule has 1 fully saturated rings. The molecule has 0 bridgehead atoms. The Morgan fingerprint density at radius 3 is 2.33 bits per heavy atom. The third-order valence-corrected chi connectivity index (χ3v) is 3.50. The van der Waals surface area contributed by atoms with E-state index in [0.29, 0.717) is 12.3 Å². The fourth-order valence-corrected chi connectivity index (χ4v) is 2.27. The molecule has 0 radical (unpaired) electrons. The minimum atomic E-state index is -4.18. The summed E-state index contributed by atoms with van der Waals surface area (Å²) in [4.78, 5) is 11.8. The number of alkyl halides is 3. The minimum absolute atomic E-state index is 0.0496. The fourth-order valence-electron chi connectivity index (χ4n) is 2.27. The van der Waals surface area contributed by atoms with Gasteiger partial charge in [0.15, 0.2) is 0 Å². The summed E-state index contributed by atoms with van der Waals surface area (Å²) in [5.74, 6) is -0.0578. The van der Waals surface area contributed by atoms with Gasteiger partial charge < -0.3 is 10.5 Å². The number of hydrogen-bond donors (Lipinski definition) is 1. The number of esters is 1. The van der Waals surface area contributed by atoms with Crippen LogP contribution in [0.15, 0.2) is 0 Å². The van der Waals surface area contributed by atoms with Crippen molar-refractivity contribution in [2.24, 2.45) is 17.1 Å². The van der Waals surface area contributed by atoms with Crippen LogP contribution in [0.2, 0.25) is 0 Å². The van der Waals surface area contributed by atoms with Gasteiger partial charge in [-0.3, -0.25) is 4.79 Å². The maximum Gasteiger partial charge on any atom is 0.389 e. The molecule has 0 aromatic heterocycles. The number of halogens is 3. The maximum absolute atomic E-state index is 12.1. The monoisotopic (exact) mass is 267 g/mol. The summed E-state index contributed by atoms with van der Waals surface area (Å²) in [6.45, 7) is 0.0496. The number of hydrogen-bond acceptors (Lipinski definition) is 3. The highest BCUT2D eigenvalue weighted by Gasteiger charge is 2.43. The van der Waals surface area contributed by atoms with Crippen molar-refractivity contribution >= 4 is 5.97 Å². The number of rotatable bonds is 7. The molecule has 18 heavy (non-hydrogen) atoms. The van der Waals surface area contributed by atoms with Crippen LogP contribution in [0.25, 0.3) is 0 Å². The summed E-state index contributed by atoms with van der Waals surface area (Å²) >= 11 is 0. The second-order valence-corrected chi connectivity index (χ2v) is 5.09. The molecule has 106 valence electrons. The molecule has 3 nitrogen and oxygen atoms in total. The highest BCUT2D eigenvalue weighted by Crippen LogP contribution is 2.43. The summed E-state index contributed by atoms with van der Waals surface area (Å²) in [7, 11) is 1.25. The van der Waals surface area contributed by atoms with Crippen molar-refractivity contribution in [1.29, 1.82) is 0 Å². The zero-order chi connectivity index (χ0) is 13.8. The predicted octanol–water partition coefficient (Wildman–Crippen LogP) is 2.64. The normalized spacial score (nSPS) is 19.4. The Balaban J connectivity index is 2.60. The molecule has 0 spiro atoms. The first kappa shape index (κ1) is 15.3. The van der Waals surface area contributed by atoms with Crippen LogP contribution >= 0.6 is 0 Å². The van der Waals surface area contributed by atoms with E-state index in [1.54, 1.807) is 0 Å². The number of carbonyl (C=O) groups excluding carboxylic acids is 1. The highest BCUT2D eigenvalue weighted by molar-refractivity contribution is 5.77. The summed E-state index contributed by atoms with van der Waals surface area (Å²) < 4.78 is 41.2. The predicted molar refractivity (Wildman–Crippen MR) is 60.8 cm³/mol. The molecule has 0 heterocycles. The van der Waals surface area contributed by atoms with E-state index >= 15 is 0 Å². The molecule has 1 rings (SSSR count). The van der Waals surface area contributed by atoms with Crippen LogP contribution < -0.4 is 5.73 Å². The first-order valence-electron chi connectivity index (χ1n) is 6.18. The lowest BCUT2D eigenvalue weighted by molar-refractivity contribution is -0.156. The van der Waals surface area contributed by atoms with E-state index in [1.165, 1.54) is 7.11 Å². The minimum Gasteiger partial charge on any atom is -0.469 e. The molecule has 1 unspecified atom stereocenters. The Kier molecular flexibility index (Phi) is 5.01. The van der Waals surface area contributed by atoms with E-state index in [1.807, 2.05) is 0 Å². The summed E-state index contributed by atoms with van der Waals surface area (Å²) in [5, 5.41) is 0. The van der Waals surface area contributed by atoms with Crippen molar-refractivity contribution in [2.45, 2.75) is 44.7 Å². The van der Waals surface area contributed by atoms with E-state index in [-0.39, 0.29) is 19.4 Å². The molecule has 1 saturated carbocycles. The zero-order valence-electron chi connectivity index (χ0n) is 10.6. The lowest BCUT2D eigenvalue weighted by Gasteiger charge is -2.29. The lowest BCUT2D eigenvalue weighted by atomic mass is 9.78. The Morgan fingerprint density at radius 2 is 1.94 bits per heavy atom. The summed E-state index contributed by atoms with van der Waals surface area (Å²) in [6.07, 6.45) is -2.40. The highest BCUT2D eigenvalue weighted by atomic mass is 19.4. The second kappa shape index (κ2) is 5.91. The smallest absolute Gasteiger partial charge is 0.389 e. The molecule has 0 aliphatic heterocycles. The summed E-state index contributed by atoms with van der Waals surface area (Å²) in [5.41, 5.74) is 4.70. The van der Waals surface area contributed by atoms with E-state index in [2.05, 4.69) is 0 Å².